The van der Waals surface area contributed by atoms with Gasteiger partial charge in [0.05, 0.1) is 40.3 Å². The smallest absolute Gasteiger partial charge is 0.306 e. The Bertz CT molecular complexity index is 1060. The first-order chi connectivity index (χ1) is 27.1. The van der Waals surface area contributed by atoms with Gasteiger partial charge in [-0.15, -0.1) is 0 Å². The summed E-state index contributed by atoms with van der Waals surface area (Å²) < 4.78 is 22.5. The average molecular weight is 790 g/mol. The molecule has 0 amide bonds. The predicted octanol–water partition coefficient (Wildman–Crippen LogP) is 10.3. The van der Waals surface area contributed by atoms with E-state index in [1.807, 2.05) is 21.1 Å². The number of carbonyl (C=O) groups excluding carboxylic acids is 3. The number of nitrogens with zero attached hydrogens (tertiary/aromatic N) is 1. The van der Waals surface area contributed by atoms with E-state index in [1.165, 1.54) is 70.6 Å². The van der Waals surface area contributed by atoms with Crippen molar-refractivity contribution < 1.29 is 42.9 Å². The SMILES string of the molecule is CC/C=C\C/C=C\C/C=C\C/C=C\CCCCCCCCCCC(=O)OC(COC(=O)CCCCCCCCCCCC)COC(OCC[N+](C)(C)C)C(=O)[O-]. The summed E-state index contributed by atoms with van der Waals surface area (Å²) in [7, 11) is 5.90. The van der Waals surface area contributed by atoms with Crippen LogP contribution in [0, 0.1) is 0 Å². The van der Waals surface area contributed by atoms with E-state index in [-0.39, 0.29) is 32.2 Å². The fraction of sp³-hybridized carbons (Fsp3) is 0.766. The molecule has 0 N–H and O–H groups in total. The van der Waals surface area contributed by atoms with Crippen LogP contribution >= 0.6 is 0 Å². The zero-order valence-electron chi connectivity index (χ0n) is 36.5. The molecule has 0 aliphatic rings. The van der Waals surface area contributed by atoms with E-state index in [0.717, 1.165) is 70.6 Å². The molecular formula is C47H83NO8. The average Bonchev–Trinajstić information content (AvgIpc) is 3.15. The second-order valence-electron chi connectivity index (χ2n) is 16.0. The number of unbranched alkanes of at least 4 members (excludes halogenated alkanes) is 17. The normalized spacial score (nSPS) is 13.4. The fourth-order valence-electron chi connectivity index (χ4n) is 5.88. The second-order valence-corrected chi connectivity index (χ2v) is 16.0. The van der Waals surface area contributed by atoms with E-state index in [4.69, 9.17) is 18.9 Å². The van der Waals surface area contributed by atoms with Gasteiger partial charge in [-0.2, -0.15) is 0 Å². The molecule has 0 aromatic rings. The van der Waals surface area contributed by atoms with E-state index in [9.17, 15) is 19.5 Å². The molecule has 0 bridgehead atoms. The molecule has 0 aromatic carbocycles. The number of rotatable bonds is 40. The predicted molar refractivity (Wildman–Crippen MR) is 228 cm³/mol. The summed E-state index contributed by atoms with van der Waals surface area (Å²) in [5.41, 5.74) is 0. The first-order valence-electron chi connectivity index (χ1n) is 22.3. The van der Waals surface area contributed by atoms with Crippen molar-refractivity contribution in [1.29, 1.82) is 0 Å². The Morgan fingerprint density at radius 3 is 1.52 bits per heavy atom. The number of hydrogen-bond donors (Lipinski definition) is 0. The highest BCUT2D eigenvalue weighted by atomic mass is 16.7. The van der Waals surface area contributed by atoms with Crippen molar-refractivity contribution in [3.05, 3.63) is 48.6 Å². The van der Waals surface area contributed by atoms with Crippen molar-refractivity contribution in [2.24, 2.45) is 0 Å². The molecular weight excluding hydrogens is 707 g/mol. The molecule has 0 heterocycles. The minimum atomic E-state index is -1.62. The maximum atomic E-state index is 12.7. The molecule has 9 heteroatoms. The number of carboxylic acid groups (broad SMARTS) is 1. The summed E-state index contributed by atoms with van der Waals surface area (Å²) in [5.74, 6) is -2.30. The van der Waals surface area contributed by atoms with E-state index in [2.05, 4.69) is 62.5 Å². The van der Waals surface area contributed by atoms with E-state index >= 15 is 0 Å². The molecule has 9 nitrogen and oxygen atoms in total. The van der Waals surface area contributed by atoms with Gasteiger partial charge in [0.1, 0.15) is 13.2 Å². The molecule has 0 fully saturated rings. The Morgan fingerprint density at radius 1 is 0.554 bits per heavy atom. The van der Waals surface area contributed by atoms with Gasteiger partial charge < -0.3 is 33.3 Å². The largest absolute Gasteiger partial charge is 0.545 e. The minimum absolute atomic E-state index is 0.145. The molecule has 0 spiro atoms. The van der Waals surface area contributed by atoms with Crippen molar-refractivity contribution in [3.63, 3.8) is 0 Å². The number of carboxylic acids is 1. The van der Waals surface area contributed by atoms with Crippen molar-refractivity contribution in [3.8, 4) is 0 Å². The van der Waals surface area contributed by atoms with E-state index in [0.29, 0.717) is 23.9 Å². The zero-order chi connectivity index (χ0) is 41.4. The summed E-state index contributed by atoms with van der Waals surface area (Å²) in [4.78, 5) is 36.9. The van der Waals surface area contributed by atoms with Crippen LogP contribution in [0.1, 0.15) is 174 Å². The van der Waals surface area contributed by atoms with Gasteiger partial charge in [0, 0.05) is 12.8 Å². The first kappa shape index (κ1) is 53.2. The second kappa shape index (κ2) is 39.1. The Kier molecular flexibility index (Phi) is 37.2. The van der Waals surface area contributed by atoms with Gasteiger partial charge in [-0.05, 0) is 51.4 Å². The molecule has 0 saturated heterocycles. The van der Waals surface area contributed by atoms with Crippen LogP contribution in [0.3, 0.4) is 0 Å². The molecule has 324 valence electrons. The lowest BCUT2D eigenvalue weighted by Gasteiger charge is -2.26. The molecule has 2 unspecified atom stereocenters. The Morgan fingerprint density at radius 2 is 1.02 bits per heavy atom. The highest BCUT2D eigenvalue weighted by Gasteiger charge is 2.21. The molecule has 0 rings (SSSR count). The number of quaternary nitrogens is 1. The van der Waals surface area contributed by atoms with Crippen LogP contribution in [0.5, 0.6) is 0 Å². The number of aliphatic carboxylic acids is 1. The topological polar surface area (TPSA) is 111 Å². The highest BCUT2D eigenvalue weighted by molar-refractivity contribution is 5.70. The first-order valence-corrected chi connectivity index (χ1v) is 22.3. The molecule has 0 saturated carbocycles. The van der Waals surface area contributed by atoms with Gasteiger partial charge in [-0.3, -0.25) is 9.59 Å². The lowest BCUT2D eigenvalue weighted by atomic mass is 10.1. The highest BCUT2D eigenvalue weighted by Crippen LogP contribution is 2.14. The summed E-state index contributed by atoms with van der Waals surface area (Å²) >= 11 is 0. The summed E-state index contributed by atoms with van der Waals surface area (Å²) in [6.45, 7) is 4.59. The number of ether oxygens (including phenoxy) is 4. The van der Waals surface area contributed by atoms with Gasteiger partial charge >= 0.3 is 11.9 Å². The van der Waals surface area contributed by atoms with E-state index < -0.39 is 24.3 Å². The van der Waals surface area contributed by atoms with Crippen LogP contribution in [0.2, 0.25) is 0 Å². The standard InChI is InChI=1S/C47H83NO8/c1-6-8-10-12-14-16-18-19-20-21-22-23-24-25-26-27-28-30-32-34-36-38-45(50)56-43(42-55-47(46(51)52)53-40-39-48(3,4)5)41-54-44(49)37-35-33-31-29-17-15-13-11-9-7-2/h8,10,14,16,19-20,22-23,43,47H,6-7,9,11-13,15,17-18,21,24-42H2,1-5H3/b10-8-,16-14-,20-19-,23-22-. The van der Waals surface area contributed by atoms with Gasteiger partial charge in [-0.25, -0.2) is 0 Å². The lowest BCUT2D eigenvalue weighted by Crippen LogP contribution is -2.44. The van der Waals surface area contributed by atoms with Crippen molar-refractivity contribution >= 4 is 17.9 Å². The molecule has 2 atom stereocenters. The van der Waals surface area contributed by atoms with Crippen LogP contribution in [0.4, 0.5) is 0 Å². The van der Waals surface area contributed by atoms with Crippen LogP contribution < -0.4 is 5.11 Å². The number of esters is 2. The number of allylic oxidation sites excluding steroid dienone is 8. The number of likely N-dealkylation sites (N-methyl/N-ethyl adjacent to an activating group) is 1. The Hall–Kier alpha value is -2.75. The van der Waals surface area contributed by atoms with Crippen LogP contribution in [0.15, 0.2) is 48.6 Å². The van der Waals surface area contributed by atoms with Crippen LogP contribution in [-0.4, -0.2) is 82.3 Å². The number of hydrogen-bond acceptors (Lipinski definition) is 8. The van der Waals surface area contributed by atoms with Crippen LogP contribution in [-0.2, 0) is 33.3 Å². The Labute approximate surface area is 342 Å². The van der Waals surface area contributed by atoms with Gasteiger partial charge in [0.25, 0.3) is 0 Å². The maximum Gasteiger partial charge on any atom is 0.306 e. The fourth-order valence-corrected chi connectivity index (χ4v) is 5.88. The maximum absolute atomic E-state index is 12.7. The van der Waals surface area contributed by atoms with Gasteiger partial charge in [0.15, 0.2) is 12.4 Å². The van der Waals surface area contributed by atoms with Gasteiger partial charge in [0.2, 0.25) is 0 Å². The summed E-state index contributed by atoms with van der Waals surface area (Å²) in [6, 6.07) is 0. The van der Waals surface area contributed by atoms with Gasteiger partial charge in [-0.1, -0.05) is 159 Å². The van der Waals surface area contributed by atoms with Crippen molar-refractivity contribution in [2.45, 2.75) is 187 Å². The molecule has 56 heavy (non-hydrogen) atoms. The van der Waals surface area contributed by atoms with Crippen LogP contribution in [0.25, 0.3) is 0 Å². The third-order valence-corrected chi connectivity index (χ3v) is 9.34. The third-order valence-electron chi connectivity index (χ3n) is 9.34. The zero-order valence-corrected chi connectivity index (χ0v) is 36.5. The number of carbonyl (C=O) groups is 3. The van der Waals surface area contributed by atoms with Crippen molar-refractivity contribution in [1.82, 2.24) is 0 Å². The van der Waals surface area contributed by atoms with Crippen molar-refractivity contribution in [2.75, 3.05) is 47.5 Å². The Balaban J connectivity index is 4.39. The quantitative estimate of drug-likeness (QED) is 0.0198. The van der Waals surface area contributed by atoms with E-state index in [1.54, 1.807) is 0 Å². The lowest BCUT2D eigenvalue weighted by molar-refractivity contribution is -0.870. The monoisotopic (exact) mass is 790 g/mol. The molecule has 0 aromatic heterocycles. The molecule has 0 radical (unpaired) electrons. The summed E-state index contributed by atoms with van der Waals surface area (Å²) in [5, 5.41) is 11.7. The minimum Gasteiger partial charge on any atom is -0.545 e. The summed E-state index contributed by atoms with van der Waals surface area (Å²) in [6.07, 6.45) is 41.4. The molecule has 0 aliphatic carbocycles. The third kappa shape index (κ3) is 39.5. The molecule has 0 aliphatic heterocycles.